The number of benzene rings is 1. The average molecular weight is 294 g/mol. The van der Waals surface area contributed by atoms with Crippen molar-refractivity contribution in [2.75, 3.05) is 40.5 Å². The van der Waals surface area contributed by atoms with E-state index >= 15 is 0 Å². The van der Waals surface area contributed by atoms with Crippen molar-refractivity contribution in [1.82, 2.24) is 10.2 Å². The summed E-state index contributed by atoms with van der Waals surface area (Å²) in [4.78, 5) is 2.16. The van der Waals surface area contributed by atoms with Crippen LogP contribution in [0.5, 0.6) is 5.75 Å². The van der Waals surface area contributed by atoms with Crippen molar-refractivity contribution in [2.24, 2.45) is 0 Å². The van der Waals surface area contributed by atoms with Crippen molar-refractivity contribution in [3.05, 3.63) is 29.8 Å². The van der Waals surface area contributed by atoms with Gasteiger partial charge < -0.3 is 19.7 Å². The molecule has 0 aliphatic carbocycles. The fourth-order valence-corrected chi connectivity index (χ4v) is 1.87. The van der Waals surface area contributed by atoms with Crippen LogP contribution >= 0.6 is 0 Å². The van der Waals surface area contributed by atoms with Crippen LogP contribution in [0.1, 0.15) is 25.8 Å². The Hall–Kier alpha value is -1.10. The number of nitrogens with zero attached hydrogens (tertiary/aromatic N) is 1. The average Bonchev–Trinajstić information content (AvgIpc) is 2.44. The first-order valence-corrected chi connectivity index (χ1v) is 7.75. The Kier molecular flexibility index (Phi) is 9.06. The van der Waals surface area contributed by atoms with Crippen molar-refractivity contribution in [3.63, 3.8) is 0 Å². The summed E-state index contributed by atoms with van der Waals surface area (Å²) in [6.07, 6.45) is 1.06. The molecule has 0 aliphatic heterocycles. The van der Waals surface area contributed by atoms with Crippen LogP contribution in [-0.2, 0) is 11.3 Å². The maximum atomic E-state index is 5.72. The predicted octanol–water partition coefficient (Wildman–Crippen LogP) is 2.53. The van der Waals surface area contributed by atoms with Gasteiger partial charge in [-0.25, -0.2) is 0 Å². The van der Waals surface area contributed by atoms with E-state index in [9.17, 15) is 0 Å². The Morgan fingerprint density at radius 3 is 2.67 bits per heavy atom. The number of hydrogen-bond acceptors (Lipinski definition) is 4. The van der Waals surface area contributed by atoms with Crippen molar-refractivity contribution in [1.29, 1.82) is 0 Å². The second-order valence-corrected chi connectivity index (χ2v) is 5.80. The fourth-order valence-electron chi connectivity index (χ4n) is 1.87. The van der Waals surface area contributed by atoms with E-state index in [1.165, 1.54) is 5.56 Å². The van der Waals surface area contributed by atoms with Crippen LogP contribution in [0, 0.1) is 0 Å². The van der Waals surface area contributed by atoms with Gasteiger partial charge in [0.1, 0.15) is 12.4 Å². The molecule has 21 heavy (non-hydrogen) atoms. The molecule has 0 amide bonds. The molecule has 1 rings (SSSR count). The van der Waals surface area contributed by atoms with Crippen LogP contribution in [0.4, 0.5) is 0 Å². The van der Waals surface area contributed by atoms with Crippen LogP contribution in [-0.4, -0.2) is 51.4 Å². The van der Waals surface area contributed by atoms with Gasteiger partial charge in [-0.2, -0.15) is 0 Å². The molecule has 0 saturated carbocycles. The molecule has 0 bridgehead atoms. The smallest absolute Gasteiger partial charge is 0.119 e. The Morgan fingerprint density at radius 1 is 1.14 bits per heavy atom. The van der Waals surface area contributed by atoms with Gasteiger partial charge in [-0.15, -0.1) is 0 Å². The van der Waals surface area contributed by atoms with Crippen LogP contribution in [0.2, 0.25) is 0 Å². The monoisotopic (exact) mass is 294 g/mol. The van der Waals surface area contributed by atoms with Crippen LogP contribution in [0.15, 0.2) is 24.3 Å². The molecular formula is C17H30N2O2. The lowest BCUT2D eigenvalue weighted by atomic mass is 10.2. The third-order valence-electron chi connectivity index (χ3n) is 3.00. The highest BCUT2D eigenvalue weighted by atomic mass is 16.5. The third-order valence-corrected chi connectivity index (χ3v) is 3.00. The Bertz CT molecular complexity index is 381. The second kappa shape index (κ2) is 10.6. The second-order valence-electron chi connectivity index (χ2n) is 5.80. The summed E-state index contributed by atoms with van der Waals surface area (Å²) in [5, 5.41) is 3.40. The maximum Gasteiger partial charge on any atom is 0.119 e. The van der Waals surface area contributed by atoms with Crippen LogP contribution < -0.4 is 10.1 Å². The Morgan fingerprint density at radius 2 is 1.95 bits per heavy atom. The summed E-state index contributed by atoms with van der Waals surface area (Å²) in [5.74, 6) is 0.912. The quantitative estimate of drug-likeness (QED) is 0.636. The molecule has 0 unspecified atom stereocenters. The molecule has 0 aromatic heterocycles. The number of nitrogens with one attached hydrogen (secondary N) is 1. The minimum atomic E-state index is 0.491. The van der Waals surface area contributed by atoms with Gasteiger partial charge in [0.05, 0.1) is 6.61 Å². The van der Waals surface area contributed by atoms with Crippen molar-refractivity contribution in [3.8, 4) is 5.75 Å². The van der Waals surface area contributed by atoms with E-state index < -0.39 is 0 Å². The number of rotatable bonds is 11. The van der Waals surface area contributed by atoms with Gasteiger partial charge in [0.2, 0.25) is 0 Å². The van der Waals surface area contributed by atoms with Crippen molar-refractivity contribution < 1.29 is 9.47 Å². The molecule has 1 N–H and O–H groups in total. The molecule has 1 aromatic carbocycles. The van der Waals surface area contributed by atoms with E-state index in [-0.39, 0.29) is 0 Å². The molecule has 1 aromatic rings. The SMILES string of the molecule is CC(C)NCc1cccc(OCCOCCCN(C)C)c1. The highest BCUT2D eigenvalue weighted by Gasteiger charge is 1.99. The first-order valence-electron chi connectivity index (χ1n) is 7.75. The summed E-state index contributed by atoms with van der Waals surface area (Å²) >= 11 is 0. The first kappa shape index (κ1) is 18.0. The van der Waals surface area contributed by atoms with E-state index in [0.29, 0.717) is 19.3 Å². The predicted molar refractivity (Wildman–Crippen MR) is 87.9 cm³/mol. The van der Waals surface area contributed by atoms with E-state index in [0.717, 1.165) is 31.9 Å². The standard InChI is InChI=1S/C17H30N2O2/c1-15(2)18-14-16-7-5-8-17(13-16)21-12-11-20-10-6-9-19(3)4/h5,7-8,13,15,18H,6,9-12,14H2,1-4H3. The number of ether oxygens (including phenoxy) is 2. The zero-order valence-corrected chi connectivity index (χ0v) is 13.9. The normalized spacial score (nSPS) is 11.3. The Balaban J connectivity index is 2.15. The lowest BCUT2D eigenvalue weighted by molar-refractivity contribution is 0.0946. The van der Waals surface area contributed by atoms with Crippen LogP contribution in [0.25, 0.3) is 0 Å². The maximum absolute atomic E-state index is 5.72. The van der Waals surface area contributed by atoms with Gasteiger partial charge in [-0.3, -0.25) is 0 Å². The summed E-state index contributed by atoms with van der Waals surface area (Å²) < 4.78 is 11.3. The van der Waals surface area contributed by atoms with Gasteiger partial charge >= 0.3 is 0 Å². The molecule has 0 radical (unpaired) electrons. The molecule has 0 saturated heterocycles. The van der Waals surface area contributed by atoms with Crippen molar-refractivity contribution >= 4 is 0 Å². The van der Waals surface area contributed by atoms with E-state index in [1.807, 2.05) is 12.1 Å². The summed E-state index contributed by atoms with van der Waals surface area (Å²) in [6.45, 7) is 8.26. The lowest BCUT2D eigenvalue weighted by Gasteiger charge is -2.11. The van der Waals surface area contributed by atoms with Gasteiger partial charge in [0.15, 0.2) is 0 Å². The number of hydrogen-bond donors (Lipinski definition) is 1. The molecule has 120 valence electrons. The summed E-state index contributed by atoms with van der Waals surface area (Å²) in [6, 6.07) is 8.71. The molecule has 0 heterocycles. The summed E-state index contributed by atoms with van der Waals surface area (Å²) in [7, 11) is 4.15. The van der Waals surface area contributed by atoms with Gasteiger partial charge in [-0.05, 0) is 44.8 Å². The Labute approximate surface area is 129 Å². The van der Waals surface area contributed by atoms with E-state index in [2.05, 4.69) is 50.3 Å². The third kappa shape index (κ3) is 9.45. The van der Waals surface area contributed by atoms with E-state index in [4.69, 9.17) is 9.47 Å². The molecule has 4 heteroatoms. The van der Waals surface area contributed by atoms with Gasteiger partial charge in [0, 0.05) is 19.2 Å². The van der Waals surface area contributed by atoms with Gasteiger partial charge in [-0.1, -0.05) is 26.0 Å². The zero-order valence-electron chi connectivity index (χ0n) is 13.9. The van der Waals surface area contributed by atoms with E-state index in [1.54, 1.807) is 0 Å². The molecule has 0 spiro atoms. The summed E-state index contributed by atoms with van der Waals surface area (Å²) in [5.41, 5.74) is 1.24. The largest absolute Gasteiger partial charge is 0.491 e. The molecule has 4 nitrogen and oxygen atoms in total. The highest BCUT2D eigenvalue weighted by molar-refractivity contribution is 5.28. The molecule has 0 atom stereocenters. The lowest BCUT2D eigenvalue weighted by Crippen LogP contribution is -2.21. The first-order chi connectivity index (χ1) is 10.1. The molecular weight excluding hydrogens is 264 g/mol. The molecule has 0 fully saturated rings. The van der Waals surface area contributed by atoms with Crippen LogP contribution in [0.3, 0.4) is 0 Å². The van der Waals surface area contributed by atoms with Crippen molar-refractivity contribution in [2.45, 2.75) is 32.9 Å². The minimum absolute atomic E-state index is 0.491. The fraction of sp³-hybridized carbons (Fsp3) is 0.647. The molecule has 0 aliphatic rings. The van der Waals surface area contributed by atoms with Gasteiger partial charge in [0.25, 0.3) is 0 Å². The highest BCUT2D eigenvalue weighted by Crippen LogP contribution is 2.13. The minimum Gasteiger partial charge on any atom is -0.491 e. The topological polar surface area (TPSA) is 33.7 Å². The zero-order chi connectivity index (χ0) is 15.5.